The molecule has 14 heteroatoms. The number of hydrogen-bond acceptors (Lipinski definition) is 8. The number of aryl methyl sites for hydroxylation is 1. The molecule has 0 saturated heterocycles. The van der Waals surface area contributed by atoms with Gasteiger partial charge in [0, 0.05) is 22.6 Å². The Morgan fingerprint density at radius 1 is 1.15 bits per heavy atom. The maximum Gasteiger partial charge on any atom is 0.452 e. The molecule has 210 valence electrons. The monoisotopic (exact) mass is 578 g/mol. The predicted molar refractivity (Wildman–Crippen MR) is 133 cm³/mol. The summed E-state index contributed by atoms with van der Waals surface area (Å²) in [6.45, 7) is 0. The number of rotatable bonds is 8. The first-order valence-corrected chi connectivity index (χ1v) is 12.3. The molecular weight excluding hydrogens is 557 g/mol. The molecule has 0 amide bonds. The number of nitrogens with zero attached hydrogens (tertiary/aromatic N) is 4. The first-order valence-electron chi connectivity index (χ1n) is 11.9. The Morgan fingerprint density at radius 2 is 1.95 bits per heavy atom. The topological polar surface area (TPSA) is 122 Å². The lowest BCUT2D eigenvalue weighted by molar-refractivity contribution is -0.146. The molecule has 5 rings (SSSR count). The van der Waals surface area contributed by atoms with E-state index < -0.39 is 30.2 Å². The van der Waals surface area contributed by atoms with E-state index in [4.69, 9.17) is 35.3 Å². The van der Waals surface area contributed by atoms with Crippen LogP contribution in [0.3, 0.4) is 0 Å². The highest BCUT2D eigenvalue weighted by atomic mass is 35.5. The average Bonchev–Trinajstić information content (AvgIpc) is 3.54. The molecule has 0 bridgehead atoms. The minimum Gasteiger partial charge on any atom is -0.493 e. The molecule has 0 spiro atoms. The summed E-state index contributed by atoms with van der Waals surface area (Å²) in [5.41, 5.74) is 0.892. The van der Waals surface area contributed by atoms with Crippen molar-refractivity contribution in [2.45, 2.75) is 37.6 Å². The number of carboxylic acids is 1. The van der Waals surface area contributed by atoms with E-state index in [0.717, 1.165) is 4.57 Å². The highest BCUT2D eigenvalue weighted by molar-refractivity contribution is 6.30. The lowest BCUT2D eigenvalue weighted by Crippen LogP contribution is -2.17. The van der Waals surface area contributed by atoms with Crippen molar-refractivity contribution >= 4 is 17.6 Å². The van der Waals surface area contributed by atoms with Crippen LogP contribution in [0.2, 0.25) is 5.02 Å². The minimum absolute atomic E-state index is 0.0931. The van der Waals surface area contributed by atoms with E-state index in [1.807, 2.05) is 0 Å². The fourth-order valence-corrected chi connectivity index (χ4v) is 4.79. The number of aromatic nitrogens is 4. The van der Waals surface area contributed by atoms with Gasteiger partial charge in [0.05, 0.1) is 38.9 Å². The summed E-state index contributed by atoms with van der Waals surface area (Å²) in [4.78, 5) is 15.1. The van der Waals surface area contributed by atoms with E-state index in [1.54, 1.807) is 18.2 Å². The Bertz CT molecular complexity index is 1550. The number of alkyl halides is 3. The summed E-state index contributed by atoms with van der Waals surface area (Å²) in [6.07, 6.45) is -5.81. The lowest BCUT2D eigenvalue weighted by atomic mass is 9.98. The van der Waals surface area contributed by atoms with Crippen LogP contribution < -0.4 is 9.47 Å². The van der Waals surface area contributed by atoms with Crippen molar-refractivity contribution < 1.29 is 41.7 Å². The van der Waals surface area contributed by atoms with Crippen LogP contribution in [0.15, 0.2) is 47.0 Å². The van der Waals surface area contributed by atoms with Gasteiger partial charge >= 0.3 is 12.1 Å². The first kappa shape index (κ1) is 27.5. The van der Waals surface area contributed by atoms with Crippen molar-refractivity contribution in [1.82, 2.24) is 19.7 Å². The molecular formula is C26H22ClF3N4O6. The number of fused-ring (bicyclic) bond motifs is 3. The van der Waals surface area contributed by atoms with Crippen molar-refractivity contribution in [3.05, 3.63) is 82.0 Å². The summed E-state index contributed by atoms with van der Waals surface area (Å²) in [6, 6.07) is 9.52. The van der Waals surface area contributed by atoms with Crippen molar-refractivity contribution in [1.29, 1.82) is 0 Å². The molecule has 0 saturated carbocycles. The number of halogens is 4. The van der Waals surface area contributed by atoms with Crippen molar-refractivity contribution in [3.63, 3.8) is 0 Å². The van der Waals surface area contributed by atoms with Crippen LogP contribution in [0.1, 0.15) is 53.1 Å². The number of aliphatic carboxylic acids is 1. The summed E-state index contributed by atoms with van der Waals surface area (Å²) >= 11 is 6.33. The Kier molecular flexibility index (Phi) is 7.43. The summed E-state index contributed by atoms with van der Waals surface area (Å²) in [5.74, 6) is -1.25. The molecule has 2 aromatic heterocycles. The molecule has 1 N–H and O–H groups in total. The second-order valence-electron chi connectivity index (χ2n) is 8.82. The van der Waals surface area contributed by atoms with Crippen LogP contribution in [0.4, 0.5) is 13.2 Å². The van der Waals surface area contributed by atoms with Crippen LogP contribution in [-0.4, -0.2) is 45.0 Å². The maximum atomic E-state index is 14.2. The molecule has 0 aliphatic carbocycles. The number of oxazole rings is 1. The summed E-state index contributed by atoms with van der Waals surface area (Å²) in [5, 5.41) is 16.6. The standard InChI is InChI=1S/C26H22ClF3N4O6/c1-37-18-5-3-4-15(23(18)38-2)22-16-10-13(27)6-8-17(16)34-24(32-33-25(34)26(28,29)30)19(40-22)11-20-31-12-14(39-20)7-9-21(35)36/h3-6,8,10,12,19,22H,7,9,11H2,1-2H3,(H,35,36)/t19-,22-/m0/s1. The van der Waals surface area contributed by atoms with Crippen molar-refractivity contribution in [2.24, 2.45) is 0 Å². The number of benzene rings is 2. The van der Waals surface area contributed by atoms with E-state index >= 15 is 0 Å². The quantitative estimate of drug-likeness (QED) is 0.294. The molecule has 10 nitrogen and oxygen atoms in total. The molecule has 3 heterocycles. The molecule has 4 aromatic rings. The normalized spacial score (nSPS) is 16.6. The van der Waals surface area contributed by atoms with Crippen LogP contribution in [-0.2, 0) is 28.5 Å². The Morgan fingerprint density at radius 3 is 2.65 bits per heavy atom. The minimum atomic E-state index is -4.84. The number of carboxylic acid groups (broad SMARTS) is 1. The van der Waals surface area contributed by atoms with Gasteiger partial charge in [0.15, 0.2) is 23.2 Å². The molecule has 1 aliphatic rings. The highest BCUT2D eigenvalue weighted by Crippen LogP contribution is 2.47. The zero-order valence-electron chi connectivity index (χ0n) is 21.1. The summed E-state index contributed by atoms with van der Waals surface area (Å²) in [7, 11) is 2.90. The van der Waals surface area contributed by atoms with Gasteiger partial charge in [0.2, 0.25) is 5.82 Å². The second-order valence-corrected chi connectivity index (χ2v) is 9.26. The van der Waals surface area contributed by atoms with Gasteiger partial charge in [-0.2, -0.15) is 13.2 Å². The van der Waals surface area contributed by atoms with E-state index in [-0.39, 0.29) is 41.7 Å². The van der Waals surface area contributed by atoms with Gasteiger partial charge in [-0.15, -0.1) is 10.2 Å². The maximum absolute atomic E-state index is 14.2. The van der Waals surface area contributed by atoms with Gasteiger partial charge in [0.1, 0.15) is 18.0 Å². The lowest BCUT2D eigenvalue weighted by Gasteiger charge is -2.24. The molecule has 2 atom stereocenters. The van der Waals surface area contributed by atoms with Crippen molar-refractivity contribution in [2.75, 3.05) is 14.2 Å². The largest absolute Gasteiger partial charge is 0.493 e. The van der Waals surface area contributed by atoms with Crippen molar-refractivity contribution in [3.8, 4) is 17.2 Å². The molecule has 0 fully saturated rings. The molecule has 2 aromatic carbocycles. The van der Waals surface area contributed by atoms with Gasteiger partial charge in [-0.3, -0.25) is 9.36 Å². The smallest absolute Gasteiger partial charge is 0.452 e. The Balaban J connectivity index is 1.68. The SMILES string of the molecule is COc1cccc([C@@H]2O[C@@H](Cc3ncc(CCC(=O)O)o3)c3nnc(C(F)(F)F)n3-c3ccc(Cl)cc32)c1OC. The number of ether oxygens (including phenoxy) is 3. The fraction of sp³-hybridized carbons (Fsp3) is 0.308. The van der Waals surface area contributed by atoms with Gasteiger partial charge < -0.3 is 23.7 Å². The molecule has 0 radical (unpaired) electrons. The van der Waals surface area contributed by atoms with Gasteiger partial charge in [-0.1, -0.05) is 23.7 Å². The van der Waals surface area contributed by atoms with Crippen LogP contribution in [0.5, 0.6) is 11.5 Å². The van der Waals surface area contributed by atoms with Crippen LogP contribution >= 0.6 is 11.6 Å². The zero-order valence-corrected chi connectivity index (χ0v) is 21.9. The van der Waals surface area contributed by atoms with Gasteiger partial charge in [-0.25, -0.2) is 4.98 Å². The predicted octanol–water partition coefficient (Wildman–Crippen LogP) is 5.37. The Labute approximate surface area is 230 Å². The number of carbonyl (C=O) groups is 1. The number of hydrogen-bond donors (Lipinski definition) is 1. The fourth-order valence-electron chi connectivity index (χ4n) is 4.61. The van der Waals surface area contributed by atoms with E-state index in [2.05, 4.69) is 15.2 Å². The van der Waals surface area contributed by atoms with E-state index in [1.165, 1.54) is 38.6 Å². The van der Waals surface area contributed by atoms with E-state index in [9.17, 15) is 18.0 Å². The van der Waals surface area contributed by atoms with Gasteiger partial charge in [-0.05, 0) is 24.3 Å². The number of methoxy groups -OCH3 is 2. The first-order chi connectivity index (χ1) is 19.1. The molecule has 1 aliphatic heterocycles. The third-order valence-electron chi connectivity index (χ3n) is 6.31. The number of para-hydroxylation sites is 1. The third-order valence-corrected chi connectivity index (χ3v) is 6.54. The molecule has 40 heavy (non-hydrogen) atoms. The van der Waals surface area contributed by atoms with Crippen LogP contribution in [0.25, 0.3) is 5.69 Å². The van der Waals surface area contributed by atoms with Crippen LogP contribution in [0, 0.1) is 0 Å². The van der Waals surface area contributed by atoms with Gasteiger partial charge in [0.25, 0.3) is 0 Å². The second kappa shape index (κ2) is 10.8. The average molecular weight is 579 g/mol. The summed E-state index contributed by atoms with van der Waals surface area (Å²) < 4.78 is 66.6. The Hall–Kier alpha value is -4.10. The third kappa shape index (κ3) is 5.21. The van der Waals surface area contributed by atoms with E-state index in [0.29, 0.717) is 28.4 Å². The molecule has 0 unspecified atom stereocenters. The highest BCUT2D eigenvalue weighted by Gasteiger charge is 2.43. The zero-order chi connectivity index (χ0) is 28.6.